The summed E-state index contributed by atoms with van der Waals surface area (Å²) < 4.78 is 0. The highest BCUT2D eigenvalue weighted by atomic mass is 14.8. The minimum absolute atomic E-state index is 0.167. The molecule has 44 valence electrons. The Bertz CT molecular complexity index is 30.3. The van der Waals surface area contributed by atoms with E-state index in [0.29, 0.717) is 0 Å². The molecule has 0 rings (SSSR count). The molecule has 0 heterocycles. The van der Waals surface area contributed by atoms with E-state index in [-0.39, 0.29) is 6.17 Å². The van der Waals surface area contributed by atoms with Gasteiger partial charge in [0, 0.05) is 6.17 Å². The van der Waals surface area contributed by atoms with Crippen LogP contribution in [0.1, 0.15) is 13.8 Å². The van der Waals surface area contributed by atoms with E-state index in [1.807, 2.05) is 6.92 Å². The first-order valence-corrected chi connectivity index (χ1v) is 2.23. The second-order valence-corrected chi connectivity index (χ2v) is 1.27. The quantitative estimate of drug-likeness (QED) is 0.344. The third kappa shape index (κ3) is 656. The van der Waals surface area contributed by atoms with E-state index in [2.05, 4.69) is 6.58 Å². The fourth-order valence-corrected chi connectivity index (χ4v) is 0. The first-order valence-electron chi connectivity index (χ1n) is 2.23. The molecule has 0 saturated heterocycles. The van der Waals surface area contributed by atoms with Crippen molar-refractivity contribution in [2.75, 3.05) is 0 Å². The molecule has 2 heteroatoms. The Hall–Kier alpha value is -0.340. The van der Waals surface area contributed by atoms with Gasteiger partial charge in [-0.15, -0.1) is 6.58 Å². The maximum absolute atomic E-state index is 4.89. The molecule has 0 spiro atoms. The maximum Gasteiger partial charge on any atom is 0.0491 e. The molecule has 0 aliphatic carbocycles. The minimum atomic E-state index is -0.167. The van der Waals surface area contributed by atoms with E-state index in [0.717, 1.165) is 0 Å². The average molecular weight is 102 g/mol. The normalized spacial score (nSPS) is 7.00. The Labute approximate surface area is 45.2 Å². The van der Waals surface area contributed by atoms with Gasteiger partial charge < -0.3 is 11.5 Å². The zero-order valence-electron chi connectivity index (χ0n) is 5.02. The summed E-state index contributed by atoms with van der Waals surface area (Å²) in [5, 5.41) is 0. The molecule has 0 radical (unpaired) electrons. The van der Waals surface area contributed by atoms with E-state index in [1.165, 1.54) is 0 Å². The van der Waals surface area contributed by atoms with Gasteiger partial charge in [-0.1, -0.05) is 6.08 Å². The zero-order valence-corrected chi connectivity index (χ0v) is 5.02. The number of hydrogen-bond acceptors (Lipinski definition) is 2. The fourth-order valence-electron chi connectivity index (χ4n) is 0. The fraction of sp³-hybridized carbons (Fsp3) is 0.600. The largest absolute Gasteiger partial charge is 0.316 e. The van der Waals surface area contributed by atoms with Crippen LogP contribution in [0.2, 0.25) is 0 Å². The number of allylic oxidation sites excluding steroid dienone is 1. The number of hydrogen-bond donors (Lipinski definition) is 2. The summed E-state index contributed by atoms with van der Waals surface area (Å²) in [6, 6.07) is 0. The molecule has 0 aromatic rings. The Balaban J connectivity index is 0. The van der Waals surface area contributed by atoms with Crippen LogP contribution in [0.4, 0.5) is 0 Å². The summed E-state index contributed by atoms with van der Waals surface area (Å²) >= 11 is 0. The summed E-state index contributed by atoms with van der Waals surface area (Å²) in [4.78, 5) is 0. The van der Waals surface area contributed by atoms with Crippen LogP contribution in [-0.2, 0) is 0 Å². The Morgan fingerprint density at radius 1 is 1.57 bits per heavy atom. The van der Waals surface area contributed by atoms with Crippen molar-refractivity contribution in [1.82, 2.24) is 0 Å². The molecule has 4 N–H and O–H groups in total. The highest BCUT2D eigenvalue weighted by Crippen LogP contribution is 1.41. The standard InChI is InChI=1S/C3H6.C2H8N2/c1-3-2;1-2(3)4/h3H,1H2,2H3;2H,3-4H2,1H3. The molecule has 0 saturated carbocycles. The first-order chi connectivity index (χ1) is 3.15. The molecular weight excluding hydrogens is 88.1 g/mol. The summed E-state index contributed by atoms with van der Waals surface area (Å²) in [5.74, 6) is 0. The van der Waals surface area contributed by atoms with Crippen LogP contribution in [0.15, 0.2) is 12.7 Å². The smallest absolute Gasteiger partial charge is 0.0491 e. The van der Waals surface area contributed by atoms with Crippen LogP contribution in [0.25, 0.3) is 0 Å². The highest BCUT2D eigenvalue weighted by molar-refractivity contribution is 4.51. The molecule has 7 heavy (non-hydrogen) atoms. The van der Waals surface area contributed by atoms with E-state index in [9.17, 15) is 0 Å². The van der Waals surface area contributed by atoms with Gasteiger partial charge in [-0.25, -0.2) is 0 Å². The van der Waals surface area contributed by atoms with Gasteiger partial charge in [-0.05, 0) is 13.8 Å². The molecule has 0 fully saturated rings. The lowest BCUT2D eigenvalue weighted by Crippen LogP contribution is -2.25. The lowest BCUT2D eigenvalue weighted by Gasteiger charge is -1.83. The topological polar surface area (TPSA) is 52.0 Å². The summed E-state index contributed by atoms with van der Waals surface area (Å²) in [7, 11) is 0. The molecule has 2 nitrogen and oxygen atoms in total. The number of rotatable bonds is 0. The van der Waals surface area contributed by atoms with Crippen LogP contribution in [0.5, 0.6) is 0 Å². The predicted octanol–water partition coefficient (Wildman–Crippen LogP) is 0.442. The van der Waals surface area contributed by atoms with Gasteiger partial charge in [0.05, 0.1) is 0 Å². The Morgan fingerprint density at radius 2 is 1.57 bits per heavy atom. The lowest BCUT2D eigenvalue weighted by atomic mass is 10.7. The van der Waals surface area contributed by atoms with Gasteiger partial charge >= 0.3 is 0 Å². The van der Waals surface area contributed by atoms with Gasteiger partial charge in [0.1, 0.15) is 0 Å². The van der Waals surface area contributed by atoms with Gasteiger partial charge in [0.2, 0.25) is 0 Å². The van der Waals surface area contributed by atoms with Crippen molar-refractivity contribution in [2.24, 2.45) is 11.5 Å². The van der Waals surface area contributed by atoms with Crippen LogP contribution in [0.3, 0.4) is 0 Å². The van der Waals surface area contributed by atoms with Gasteiger partial charge in [-0.2, -0.15) is 0 Å². The molecule has 0 atom stereocenters. The molecular formula is C5H14N2. The van der Waals surface area contributed by atoms with Crippen molar-refractivity contribution in [3.8, 4) is 0 Å². The molecule has 0 aliphatic heterocycles. The molecule has 0 unspecified atom stereocenters. The lowest BCUT2D eigenvalue weighted by molar-refractivity contribution is 0.790. The van der Waals surface area contributed by atoms with Gasteiger partial charge in [-0.3, -0.25) is 0 Å². The molecule has 0 bridgehead atoms. The summed E-state index contributed by atoms with van der Waals surface area (Å²) in [5.41, 5.74) is 9.78. The van der Waals surface area contributed by atoms with Crippen LogP contribution >= 0.6 is 0 Å². The van der Waals surface area contributed by atoms with Crippen LogP contribution in [0, 0.1) is 0 Å². The molecule has 0 amide bonds. The third-order valence-corrected chi connectivity index (χ3v) is 0. The van der Waals surface area contributed by atoms with E-state index in [4.69, 9.17) is 11.5 Å². The second-order valence-electron chi connectivity index (χ2n) is 1.27. The van der Waals surface area contributed by atoms with Crippen molar-refractivity contribution in [3.05, 3.63) is 12.7 Å². The van der Waals surface area contributed by atoms with Crippen molar-refractivity contribution >= 4 is 0 Å². The maximum atomic E-state index is 4.89. The van der Waals surface area contributed by atoms with Crippen LogP contribution < -0.4 is 11.5 Å². The van der Waals surface area contributed by atoms with Gasteiger partial charge in [0.25, 0.3) is 0 Å². The van der Waals surface area contributed by atoms with Crippen molar-refractivity contribution in [3.63, 3.8) is 0 Å². The minimum Gasteiger partial charge on any atom is -0.316 e. The Kier molecular flexibility index (Phi) is 12.9. The molecule has 0 aromatic carbocycles. The molecule has 0 aliphatic rings. The first kappa shape index (κ1) is 9.83. The van der Waals surface area contributed by atoms with Crippen LogP contribution in [-0.4, -0.2) is 6.17 Å². The predicted molar refractivity (Wildman–Crippen MR) is 33.7 cm³/mol. The van der Waals surface area contributed by atoms with Crippen molar-refractivity contribution in [1.29, 1.82) is 0 Å². The van der Waals surface area contributed by atoms with E-state index >= 15 is 0 Å². The van der Waals surface area contributed by atoms with Crippen molar-refractivity contribution < 1.29 is 0 Å². The summed E-state index contributed by atoms with van der Waals surface area (Å²) in [6.07, 6.45) is 1.58. The highest BCUT2D eigenvalue weighted by Gasteiger charge is 1.66. The van der Waals surface area contributed by atoms with Crippen molar-refractivity contribution in [2.45, 2.75) is 20.0 Å². The second kappa shape index (κ2) is 9.18. The third-order valence-electron chi connectivity index (χ3n) is 0. The zero-order chi connectivity index (χ0) is 6.28. The van der Waals surface area contributed by atoms with E-state index < -0.39 is 0 Å². The summed E-state index contributed by atoms with van der Waals surface area (Å²) in [6.45, 7) is 6.97. The monoisotopic (exact) mass is 102 g/mol. The SMILES string of the molecule is C=CC.CC(N)N. The van der Waals surface area contributed by atoms with Gasteiger partial charge in [0.15, 0.2) is 0 Å². The molecule has 0 aromatic heterocycles. The average Bonchev–Trinajstić information content (AvgIpc) is 1.33. The number of nitrogens with two attached hydrogens (primary N) is 2. The van der Waals surface area contributed by atoms with E-state index in [1.54, 1.807) is 13.0 Å². The Morgan fingerprint density at radius 3 is 1.57 bits per heavy atom.